The standard InChI is InChI=1S/C9H10INO2/c1-6(13-9(11)12)7-2-4-8(10)5-3-7/h2-6H,1H3,(H2,11,12). The zero-order chi connectivity index (χ0) is 9.84. The molecule has 0 saturated carbocycles. The maximum absolute atomic E-state index is 10.4. The number of hydrogen-bond donors (Lipinski definition) is 1. The van der Waals surface area contributed by atoms with Gasteiger partial charge in [0.1, 0.15) is 6.10 Å². The first-order valence-corrected chi connectivity index (χ1v) is 4.89. The van der Waals surface area contributed by atoms with Crippen LogP contribution in [0, 0.1) is 3.57 Å². The van der Waals surface area contributed by atoms with Gasteiger partial charge >= 0.3 is 6.09 Å². The average Bonchev–Trinajstić information content (AvgIpc) is 2.04. The smallest absolute Gasteiger partial charge is 0.405 e. The number of carbonyl (C=O) groups excluding carboxylic acids is 1. The van der Waals surface area contributed by atoms with Gasteiger partial charge in [-0.2, -0.15) is 0 Å². The number of amides is 1. The monoisotopic (exact) mass is 291 g/mol. The first kappa shape index (κ1) is 10.3. The van der Waals surface area contributed by atoms with Crippen molar-refractivity contribution in [2.75, 3.05) is 0 Å². The quantitative estimate of drug-likeness (QED) is 0.851. The molecule has 0 fully saturated rings. The number of hydrogen-bond acceptors (Lipinski definition) is 2. The van der Waals surface area contributed by atoms with Crippen molar-refractivity contribution in [3.05, 3.63) is 33.4 Å². The Hall–Kier alpha value is -0.780. The van der Waals surface area contributed by atoms with Gasteiger partial charge in [-0.25, -0.2) is 4.79 Å². The number of nitrogens with two attached hydrogens (primary N) is 1. The maximum atomic E-state index is 10.4. The highest BCUT2D eigenvalue weighted by molar-refractivity contribution is 14.1. The lowest BCUT2D eigenvalue weighted by Crippen LogP contribution is -2.15. The van der Waals surface area contributed by atoms with E-state index in [4.69, 9.17) is 10.5 Å². The van der Waals surface area contributed by atoms with E-state index < -0.39 is 6.09 Å². The lowest BCUT2D eigenvalue weighted by molar-refractivity contribution is 0.116. The first-order chi connectivity index (χ1) is 6.09. The van der Waals surface area contributed by atoms with Crippen LogP contribution in [0.25, 0.3) is 0 Å². The summed E-state index contributed by atoms with van der Waals surface area (Å²) >= 11 is 2.21. The lowest BCUT2D eigenvalue weighted by Gasteiger charge is -2.11. The first-order valence-electron chi connectivity index (χ1n) is 3.81. The van der Waals surface area contributed by atoms with Crippen molar-refractivity contribution >= 4 is 28.7 Å². The average molecular weight is 291 g/mol. The third-order valence-corrected chi connectivity index (χ3v) is 2.35. The fourth-order valence-electron chi connectivity index (χ4n) is 0.976. The zero-order valence-electron chi connectivity index (χ0n) is 7.16. The molecule has 1 rings (SSSR count). The molecule has 0 aliphatic heterocycles. The summed E-state index contributed by atoms with van der Waals surface area (Å²) in [6, 6.07) is 7.73. The normalized spacial score (nSPS) is 12.2. The van der Waals surface area contributed by atoms with Gasteiger partial charge < -0.3 is 10.5 Å². The lowest BCUT2D eigenvalue weighted by atomic mass is 10.1. The van der Waals surface area contributed by atoms with E-state index in [0.717, 1.165) is 9.13 Å². The summed E-state index contributed by atoms with van der Waals surface area (Å²) in [5.41, 5.74) is 5.84. The van der Waals surface area contributed by atoms with Crippen LogP contribution in [0.5, 0.6) is 0 Å². The molecule has 1 unspecified atom stereocenters. The summed E-state index contributed by atoms with van der Waals surface area (Å²) in [5.74, 6) is 0. The zero-order valence-corrected chi connectivity index (χ0v) is 9.32. The predicted octanol–water partition coefficient (Wildman–Crippen LogP) is 2.45. The number of rotatable bonds is 2. The van der Waals surface area contributed by atoms with Gasteiger partial charge in [0.2, 0.25) is 0 Å². The SMILES string of the molecule is CC(OC(N)=O)c1ccc(I)cc1. The summed E-state index contributed by atoms with van der Waals surface area (Å²) in [7, 11) is 0. The van der Waals surface area contributed by atoms with Crippen LogP contribution in [-0.4, -0.2) is 6.09 Å². The van der Waals surface area contributed by atoms with E-state index in [-0.39, 0.29) is 6.10 Å². The number of carbonyl (C=O) groups is 1. The summed E-state index contributed by atoms with van der Waals surface area (Å²) in [4.78, 5) is 10.4. The molecule has 0 heterocycles. The van der Waals surface area contributed by atoms with Crippen molar-refractivity contribution < 1.29 is 9.53 Å². The molecule has 3 nitrogen and oxygen atoms in total. The highest BCUT2D eigenvalue weighted by Gasteiger charge is 2.07. The number of benzene rings is 1. The Morgan fingerprint density at radius 2 is 2.00 bits per heavy atom. The molecule has 2 N–H and O–H groups in total. The molecule has 0 radical (unpaired) electrons. The van der Waals surface area contributed by atoms with E-state index in [1.165, 1.54) is 0 Å². The van der Waals surface area contributed by atoms with Crippen LogP contribution in [-0.2, 0) is 4.74 Å². The molecular formula is C9H10INO2. The fraction of sp³-hybridized carbons (Fsp3) is 0.222. The van der Waals surface area contributed by atoms with Crippen LogP contribution in [0.15, 0.2) is 24.3 Å². The molecule has 13 heavy (non-hydrogen) atoms. The van der Waals surface area contributed by atoms with Crippen LogP contribution < -0.4 is 5.73 Å². The Morgan fingerprint density at radius 1 is 1.46 bits per heavy atom. The van der Waals surface area contributed by atoms with Crippen LogP contribution in [0.4, 0.5) is 4.79 Å². The van der Waals surface area contributed by atoms with E-state index in [1.54, 1.807) is 6.92 Å². The van der Waals surface area contributed by atoms with Crippen molar-refractivity contribution in [3.8, 4) is 0 Å². The second-order valence-corrected chi connectivity index (χ2v) is 3.88. The minimum absolute atomic E-state index is 0.283. The molecule has 1 amide bonds. The van der Waals surface area contributed by atoms with Gasteiger partial charge in [0.25, 0.3) is 0 Å². The number of halogens is 1. The molecule has 4 heteroatoms. The Balaban J connectivity index is 2.71. The number of primary amides is 1. The van der Waals surface area contributed by atoms with E-state index in [0.29, 0.717) is 0 Å². The molecule has 1 aromatic rings. The predicted molar refractivity (Wildman–Crippen MR) is 58.2 cm³/mol. The molecule has 0 aromatic heterocycles. The Bertz CT molecular complexity index is 297. The fourth-order valence-corrected chi connectivity index (χ4v) is 1.34. The highest BCUT2D eigenvalue weighted by atomic mass is 127. The second-order valence-electron chi connectivity index (χ2n) is 2.63. The molecule has 0 aliphatic carbocycles. The molecule has 70 valence electrons. The Labute approximate surface area is 90.4 Å². The van der Waals surface area contributed by atoms with Gasteiger partial charge in [-0.15, -0.1) is 0 Å². The van der Waals surface area contributed by atoms with E-state index >= 15 is 0 Å². The molecule has 0 spiro atoms. The minimum atomic E-state index is -0.744. The summed E-state index contributed by atoms with van der Waals surface area (Å²) in [5, 5.41) is 0. The molecule has 1 aromatic carbocycles. The highest BCUT2D eigenvalue weighted by Crippen LogP contribution is 2.17. The van der Waals surface area contributed by atoms with Crippen molar-refractivity contribution in [1.29, 1.82) is 0 Å². The second kappa shape index (κ2) is 4.45. The van der Waals surface area contributed by atoms with Gasteiger partial charge in [0.15, 0.2) is 0 Å². The van der Waals surface area contributed by atoms with Crippen LogP contribution in [0.3, 0.4) is 0 Å². The maximum Gasteiger partial charge on any atom is 0.405 e. The van der Waals surface area contributed by atoms with E-state index in [9.17, 15) is 4.79 Å². The molecular weight excluding hydrogens is 281 g/mol. The van der Waals surface area contributed by atoms with Crippen LogP contribution in [0.2, 0.25) is 0 Å². The topological polar surface area (TPSA) is 52.3 Å². The van der Waals surface area contributed by atoms with Gasteiger partial charge in [-0.1, -0.05) is 12.1 Å². The van der Waals surface area contributed by atoms with E-state index in [1.807, 2.05) is 24.3 Å². The van der Waals surface area contributed by atoms with E-state index in [2.05, 4.69) is 22.6 Å². The summed E-state index contributed by atoms with van der Waals surface area (Å²) in [6.07, 6.45) is -1.03. The molecule has 0 bridgehead atoms. The van der Waals surface area contributed by atoms with Crippen molar-refractivity contribution in [2.24, 2.45) is 5.73 Å². The number of ether oxygens (including phenoxy) is 1. The van der Waals surface area contributed by atoms with Crippen molar-refractivity contribution in [1.82, 2.24) is 0 Å². The van der Waals surface area contributed by atoms with Gasteiger partial charge in [0, 0.05) is 3.57 Å². The van der Waals surface area contributed by atoms with Gasteiger partial charge in [-0.3, -0.25) is 0 Å². The van der Waals surface area contributed by atoms with Gasteiger partial charge in [0.05, 0.1) is 0 Å². The molecule has 0 aliphatic rings. The third kappa shape index (κ3) is 3.22. The van der Waals surface area contributed by atoms with Crippen LogP contribution in [0.1, 0.15) is 18.6 Å². The summed E-state index contributed by atoms with van der Waals surface area (Å²) in [6.45, 7) is 1.78. The summed E-state index contributed by atoms with van der Waals surface area (Å²) < 4.78 is 5.96. The van der Waals surface area contributed by atoms with Crippen molar-refractivity contribution in [2.45, 2.75) is 13.0 Å². The van der Waals surface area contributed by atoms with Gasteiger partial charge in [-0.05, 0) is 47.2 Å². The largest absolute Gasteiger partial charge is 0.442 e. The molecule has 0 saturated heterocycles. The Kier molecular flexibility index (Phi) is 3.53. The minimum Gasteiger partial charge on any atom is -0.442 e. The third-order valence-electron chi connectivity index (χ3n) is 1.63. The molecule has 1 atom stereocenters. The Morgan fingerprint density at radius 3 is 2.46 bits per heavy atom. The van der Waals surface area contributed by atoms with Crippen molar-refractivity contribution in [3.63, 3.8) is 0 Å². The van der Waals surface area contributed by atoms with Crippen LogP contribution >= 0.6 is 22.6 Å².